The standard InChI is InChI=1S/C51H31N5O/c1-4-15-32(16-5-1)49-52-50(33-27-28-38-36-21-10-12-25-43(36)55(45(38)31-33)34-17-6-2-7-18-34)54-51(53-49)42-24-14-23-40-41-30-29-39-37-22-11-13-26-44(37)56(35-19-8-3-9-20-35)46(39)48(41)57-47(40)42/h1-31H. The van der Waals surface area contributed by atoms with Crippen molar-refractivity contribution >= 4 is 65.6 Å². The smallest absolute Gasteiger partial charge is 0.167 e. The Bertz CT molecular complexity index is 3510. The lowest BCUT2D eigenvalue weighted by Gasteiger charge is -2.10. The van der Waals surface area contributed by atoms with Gasteiger partial charge in [-0.25, -0.2) is 15.0 Å². The molecule has 0 amide bonds. The minimum atomic E-state index is 0.548. The summed E-state index contributed by atoms with van der Waals surface area (Å²) in [5.74, 6) is 1.73. The lowest BCUT2D eigenvalue weighted by atomic mass is 10.1. The van der Waals surface area contributed by atoms with Crippen molar-refractivity contribution in [1.82, 2.24) is 24.1 Å². The summed E-state index contributed by atoms with van der Waals surface area (Å²) in [5, 5.41) is 6.72. The van der Waals surface area contributed by atoms with Gasteiger partial charge in [-0.2, -0.15) is 0 Å². The van der Waals surface area contributed by atoms with E-state index in [1.807, 2.05) is 36.4 Å². The Labute approximate surface area is 326 Å². The van der Waals surface area contributed by atoms with Gasteiger partial charge in [0.15, 0.2) is 23.1 Å². The van der Waals surface area contributed by atoms with E-state index in [-0.39, 0.29) is 0 Å². The number of para-hydroxylation sites is 5. The average Bonchev–Trinajstić information content (AvgIpc) is 3.95. The molecule has 57 heavy (non-hydrogen) atoms. The second-order valence-corrected chi connectivity index (χ2v) is 14.4. The molecule has 0 radical (unpaired) electrons. The summed E-state index contributed by atoms with van der Waals surface area (Å²) in [6.45, 7) is 0. The molecule has 0 aliphatic carbocycles. The van der Waals surface area contributed by atoms with Gasteiger partial charge in [-0.3, -0.25) is 0 Å². The highest BCUT2D eigenvalue weighted by Crippen LogP contribution is 2.43. The van der Waals surface area contributed by atoms with Crippen LogP contribution in [0, 0.1) is 0 Å². The second kappa shape index (κ2) is 12.3. The van der Waals surface area contributed by atoms with Crippen LogP contribution < -0.4 is 0 Å². The number of rotatable bonds is 5. The molecular weight excluding hydrogens is 699 g/mol. The highest BCUT2D eigenvalue weighted by Gasteiger charge is 2.22. The molecule has 0 fully saturated rings. The molecular formula is C51H31N5O. The Balaban J connectivity index is 1.11. The van der Waals surface area contributed by atoms with E-state index >= 15 is 0 Å². The number of aromatic nitrogens is 5. The van der Waals surface area contributed by atoms with Crippen molar-refractivity contribution in [2.45, 2.75) is 0 Å². The first-order chi connectivity index (χ1) is 28.3. The molecule has 6 nitrogen and oxygen atoms in total. The summed E-state index contributed by atoms with van der Waals surface area (Å²) in [5.41, 5.74) is 10.7. The van der Waals surface area contributed by atoms with E-state index in [1.54, 1.807) is 0 Å². The number of nitrogens with zero attached hydrogens (tertiary/aromatic N) is 5. The van der Waals surface area contributed by atoms with Crippen LogP contribution >= 0.6 is 0 Å². The summed E-state index contributed by atoms with van der Waals surface area (Å²) < 4.78 is 11.7. The molecule has 12 aromatic rings. The van der Waals surface area contributed by atoms with E-state index in [9.17, 15) is 0 Å². The summed E-state index contributed by atoms with van der Waals surface area (Å²) >= 11 is 0. The van der Waals surface area contributed by atoms with Crippen molar-refractivity contribution in [3.05, 3.63) is 188 Å². The summed E-state index contributed by atoms with van der Waals surface area (Å²) in [6.07, 6.45) is 0. The van der Waals surface area contributed by atoms with Crippen LogP contribution in [0.4, 0.5) is 0 Å². The molecule has 4 heterocycles. The van der Waals surface area contributed by atoms with Gasteiger partial charge >= 0.3 is 0 Å². The van der Waals surface area contributed by atoms with E-state index in [4.69, 9.17) is 19.4 Å². The van der Waals surface area contributed by atoms with Crippen molar-refractivity contribution in [3.63, 3.8) is 0 Å². The Hall–Kier alpha value is -7.83. The summed E-state index contributed by atoms with van der Waals surface area (Å²) in [4.78, 5) is 15.5. The van der Waals surface area contributed by atoms with Crippen molar-refractivity contribution in [1.29, 1.82) is 0 Å². The maximum absolute atomic E-state index is 7.07. The number of hydrogen-bond donors (Lipinski definition) is 0. The average molecular weight is 730 g/mol. The molecule has 8 aromatic carbocycles. The van der Waals surface area contributed by atoms with Crippen LogP contribution in [-0.2, 0) is 0 Å². The van der Waals surface area contributed by atoms with Crippen LogP contribution in [-0.4, -0.2) is 24.1 Å². The van der Waals surface area contributed by atoms with Crippen molar-refractivity contribution in [2.75, 3.05) is 0 Å². The molecule has 0 unspecified atom stereocenters. The maximum atomic E-state index is 7.07. The van der Waals surface area contributed by atoms with Gasteiger partial charge in [-0.1, -0.05) is 133 Å². The van der Waals surface area contributed by atoms with Crippen molar-refractivity contribution < 1.29 is 4.42 Å². The molecule has 6 heteroatoms. The predicted octanol–water partition coefficient (Wildman–Crippen LogP) is 13.0. The summed E-state index contributed by atoms with van der Waals surface area (Å²) in [7, 11) is 0. The largest absolute Gasteiger partial charge is 0.453 e. The third-order valence-corrected chi connectivity index (χ3v) is 11.2. The first kappa shape index (κ1) is 31.5. The Morgan fingerprint density at radius 3 is 1.58 bits per heavy atom. The van der Waals surface area contributed by atoms with Gasteiger partial charge in [0, 0.05) is 54.8 Å². The highest BCUT2D eigenvalue weighted by molar-refractivity contribution is 6.22. The highest BCUT2D eigenvalue weighted by atomic mass is 16.3. The fourth-order valence-electron chi connectivity index (χ4n) is 8.63. The lowest BCUT2D eigenvalue weighted by molar-refractivity contribution is 0.671. The third-order valence-electron chi connectivity index (χ3n) is 11.2. The molecule has 0 saturated heterocycles. The fraction of sp³-hybridized carbons (Fsp3) is 0. The van der Waals surface area contributed by atoms with Gasteiger partial charge in [-0.05, 0) is 54.6 Å². The van der Waals surface area contributed by atoms with Crippen molar-refractivity contribution in [2.24, 2.45) is 0 Å². The SMILES string of the molecule is c1ccc(-c2nc(-c3ccc4c5ccccc5n(-c5ccccc5)c4c3)nc(-c3cccc4c3oc3c4ccc4c5ccccc5n(-c5ccccc5)c43)n2)cc1. The zero-order chi connectivity index (χ0) is 37.5. The van der Waals surface area contributed by atoms with Gasteiger partial charge in [0.2, 0.25) is 0 Å². The normalized spacial score (nSPS) is 11.9. The van der Waals surface area contributed by atoms with E-state index in [1.165, 1.54) is 16.2 Å². The molecule has 4 aromatic heterocycles. The molecule has 0 saturated carbocycles. The van der Waals surface area contributed by atoms with Crippen LogP contribution in [0.5, 0.6) is 0 Å². The monoisotopic (exact) mass is 729 g/mol. The summed E-state index contributed by atoms with van der Waals surface area (Å²) in [6, 6.07) is 65.4. The van der Waals surface area contributed by atoms with Crippen LogP contribution in [0.3, 0.4) is 0 Å². The number of furan rings is 1. The molecule has 0 aliphatic rings. The second-order valence-electron chi connectivity index (χ2n) is 14.4. The van der Waals surface area contributed by atoms with Gasteiger partial charge in [0.25, 0.3) is 0 Å². The Kier molecular flexibility index (Phi) is 6.83. The number of benzene rings is 8. The molecule has 266 valence electrons. The lowest BCUT2D eigenvalue weighted by Crippen LogP contribution is -2.00. The van der Waals surface area contributed by atoms with E-state index in [0.717, 1.165) is 77.5 Å². The van der Waals surface area contributed by atoms with Crippen LogP contribution in [0.15, 0.2) is 192 Å². The molecule has 0 bridgehead atoms. The molecule has 12 rings (SSSR count). The zero-order valence-electron chi connectivity index (χ0n) is 30.5. The minimum absolute atomic E-state index is 0.548. The van der Waals surface area contributed by atoms with Gasteiger partial charge in [0.05, 0.1) is 27.6 Å². The Morgan fingerprint density at radius 2 is 0.842 bits per heavy atom. The van der Waals surface area contributed by atoms with Crippen LogP contribution in [0.1, 0.15) is 0 Å². The van der Waals surface area contributed by atoms with Gasteiger partial charge < -0.3 is 13.6 Å². The van der Waals surface area contributed by atoms with Crippen LogP contribution in [0.2, 0.25) is 0 Å². The first-order valence-corrected chi connectivity index (χ1v) is 19.1. The van der Waals surface area contributed by atoms with E-state index in [0.29, 0.717) is 17.5 Å². The molecule has 0 spiro atoms. The predicted molar refractivity (Wildman–Crippen MR) is 232 cm³/mol. The van der Waals surface area contributed by atoms with Crippen LogP contribution in [0.25, 0.3) is 111 Å². The van der Waals surface area contributed by atoms with Crippen molar-refractivity contribution in [3.8, 4) is 45.5 Å². The van der Waals surface area contributed by atoms with Gasteiger partial charge in [0.1, 0.15) is 5.58 Å². The number of hydrogen-bond acceptors (Lipinski definition) is 4. The maximum Gasteiger partial charge on any atom is 0.167 e. The third kappa shape index (κ3) is 4.81. The Morgan fingerprint density at radius 1 is 0.333 bits per heavy atom. The molecule has 0 N–H and O–H groups in total. The first-order valence-electron chi connectivity index (χ1n) is 19.1. The van der Waals surface area contributed by atoms with E-state index in [2.05, 4.69) is 161 Å². The topological polar surface area (TPSA) is 61.7 Å². The quantitative estimate of drug-likeness (QED) is 0.177. The molecule has 0 aliphatic heterocycles. The molecule has 0 atom stereocenters. The number of fused-ring (bicyclic) bond motifs is 10. The van der Waals surface area contributed by atoms with Gasteiger partial charge in [-0.15, -0.1) is 0 Å². The zero-order valence-corrected chi connectivity index (χ0v) is 30.5. The van der Waals surface area contributed by atoms with E-state index < -0.39 is 0 Å². The fourth-order valence-corrected chi connectivity index (χ4v) is 8.63. The minimum Gasteiger partial charge on any atom is -0.453 e.